The molecule has 0 atom stereocenters. The van der Waals surface area contributed by atoms with E-state index in [2.05, 4.69) is 39.5 Å². The molecule has 0 N–H and O–H groups in total. The smallest absolute Gasteiger partial charge is 0.0132 e. The van der Waals surface area contributed by atoms with E-state index in [0.717, 1.165) is 0 Å². The van der Waals surface area contributed by atoms with Crippen molar-refractivity contribution in [1.82, 2.24) is 0 Å². The standard InChI is InChI=1S/C12H16/c1-10(12(2,3)4)11-8-6-5-7-9-11/h5-9H,1H2,2-4H3. The number of allylic oxidation sites excluding steroid dienone is 1. The third kappa shape index (κ3) is 1.97. The number of benzene rings is 1. The Balaban J connectivity index is 2.94. The minimum atomic E-state index is 0.168. The van der Waals surface area contributed by atoms with E-state index in [9.17, 15) is 0 Å². The minimum absolute atomic E-state index is 0.168. The number of hydrogen-bond acceptors (Lipinski definition) is 0. The second-order valence-electron chi connectivity index (χ2n) is 4.09. The monoisotopic (exact) mass is 160 g/mol. The molecule has 0 bridgehead atoms. The minimum Gasteiger partial charge on any atom is -0.0947 e. The van der Waals surface area contributed by atoms with Gasteiger partial charge in [-0.15, -0.1) is 0 Å². The Labute approximate surface area is 74.9 Å². The molecule has 0 saturated carbocycles. The zero-order valence-corrected chi connectivity index (χ0v) is 8.09. The lowest BCUT2D eigenvalue weighted by Gasteiger charge is -2.21. The van der Waals surface area contributed by atoms with Gasteiger partial charge in [0.2, 0.25) is 0 Å². The molecule has 64 valence electrons. The van der Waals surface area contributed by atoms with Crippen LogP contribution in [0.25, 0.3) is 5.57 Å². The summed E-state index contributed by atoms with van der Waals surface area (Å²) < 4.78 is 0. The SMILES string of the molecule is C=C(c1ccccc1)C(C)(C)C. The molecule has 0 aliphatic carbocycles. The molecule has 0 heteroatoms. The number of hydrogen-bond donors (Lipinski definition) is 0. The van der Waals surface area contributed by atoms with Gasteiger partial charge in [-0.3, -0.25) is 0 Å². The largest absolute Gasteiger partial charge is 0.0947 e. The van der Waals surface area contributed by atoms with E-state index in [1.807, 2.05) is 18.2 Å². The summed E-state index contributed by atoms with van der Waals surface area (Å²) >= 11 is 0. The van der Waals surface area contributed by atoms with Crippen LogP contribution in [0.1, 0.15) is 26.3 Å². The van der Waals surface area contributed by atoms with Crippen LogP contribution >= 0.6 is 0 Å². The Bertz CT molecular complexity index is 262. The maximum atomic E-state index is 4.10. The molecule has 0 fully saturated rings. The molecular weight excluding hydrogens is 144 g/mol. The van der Waals surface area contributed by atoms with Crippen molar-refractivity contribution < 1.29 is 0 Å². The first-order valence-corrected chi connectivity index (χ1v) is 4.26. The summed E-state index contributed by atoms with van der Waals surface area (Å²) in [5, 5.41) is 0. The summed E-state index contributed by atoms with van der Waals surface area (Å²) in [7, 11) is 0. The van der Waals surface area contributed by atoms with Gasteiger partial charge in [-0.1, -0.05) is 57.7 Å². The molecule has 0 saturated heterocycles. The molecule has 1 rings (SSSR count). The van der Waals surface area contributed by atoms with Crippen molar-refractivity contribution in [2.24, 2.45) is 5.41 Å². The van der Waals surface area contributed by atoms with Gasteiger partial charge in [0.25, 0.3) is 0 Å². The predicted molar refractivity (Wildman–Crippen MR) is 54.9 cm³/mol. The summed E-state index contributed by atoms with van der Waals surface area (Å²) in [6.07, 6.45) is 0. The second-order valence-corrected chi connectivity index (χ2v) is 4.09. The lowest BCUT2D eigenvalue weighted by atomic mass is 9.83. The van der Waals surface area contributed by atoms with Gasteiger partial charge >= 0.3 is 0 Å². The summed E-state index contributed by atoms with van der Waals surface area (Å²) in [5.74, 6) is 0. The average molecular weight is 160 g/mol. The first-order chi connectivity index (χ1) is 5.52. The van der Waals surface area contributed by atoms with Crippen molar-refractivity contribution in [3.8, 4) is 0 Å². The van der Waals surface area contributed by atoms with E-state index in [4.69, 9.17) is 0 Å². The van der Waals surface area contributed by atoms with Crippen LogP contribution in [0.5, 0.6) is 0 Å². The van der Waals surface area contributed by atoms with Crippen molar-refractivity contribution in [3.63, 3.8) is 0 Å². The van der Waals surface area contributed by atoms with E-state index >= 15 is 0 Å². The Kier molecular flexibility index (Phi) is 2.37. The predicted octanol–water partition coefficient (Wildman–Crippen LogP) is 3.75. The topological polar surface area (TPSA) is 0 Å². The Morgan fingerprint density at radius 3 is 2.00 bits per heavy atom. The Morgan fingerprint density at radius 2 is 1.58 bits per heavy atom. The molecule has 0 unspecified atom stereocenters. The highest BCUT2D eigenvalue weighted by Crippen LogP contribution is 2.31. The van der Waals surface area contributed by atoms with Gasteiger partial charge in [-0.05, 0) is 16.6 Å². The summed E-state index contributed by atoms with van der Waals surface area (Å²) in [6.45, 7) is 10.6. The maximum absolute atomic E-state index is 4.10. The molecule has 0 spiro atoms. The molecular formula is C12H16. The van der Waals surface area contributed by atoms with E-state index in [0.29, 0.717) is 0 Å². The zero-order chi connectivity index (χ0) is 9.19. The first-order valence-electron chi connectivity index (χ1n) is 4.26. The summed E-state index contributed by atoms with van der Waals surface area (Å²) in [5.41, 5.74) is 2.61. The molecule has 0 heterocycles. The molecule has 0 aromatic heterocycles. The van der Waals surface area contributed by atoms with Crippen LogP contribution in [0.3, 0.4) is 0 Å². The fraction of sp³-hybridized carbons (Fsp3) is 0.333. The fourth-order valence-corrected chi connectivity index (χ4v) is 1.07. The van der Waals surface area contributed by atoms with Crippen LogP contribution in [-0.2, 0) is 0 Å². The third-order valence-corrected chi connectivity index (χ3v) is 2.03. The van der Waals surface area contributed by atoms with Gasteiger partial charge in [0.1, 0.15) is 0 Å². The molecule has 0 aliphatic rings. The van der Waals surface area contributed by atoms with Crippen molar-refractivity contribution in [2.75, 3.05) is 0 Å². The molecule has 1 aromatic rings. The van der Waals surface area contributed by atoms with Gasteiger partial charge < -0.3 is 0 Å². The van der Waals surface area contributed by atoms with Crippen LogP contribution in [0.4, 0.5) is 0 Å². The normalized spacial score (nSPS) is 11.2. The van der Waals surface area contributed by atoms with Gasteiger partial charge in [0.15, 0.2) is 0 Å². The summed E-state index contributed by atoms with van der Waals surface area (Å²) in [4.78, 5) is 0. The highest BCUT2D eigenvalue weighted by atomic mass is 14.2. The van der Waals surface area contributed by atoms with Crippen LogP contribution in [-0.4, -0.2) is 0 Å². The molecule has 0 aliphatic heterocycles. The average Bonchev–Trinajstić information content (AvgIpc) is 2.03. The van der Waals surface area contributed by atoms with Gasteiger partial charge in [0.05, 0.1) is 0 Å². The lowest BCUT2D eigenvalue weighted by molar-refractivity contribution is 0.568. The van der Waals surface area contributed by atoms with Crippen LogP contribution in [0.2, 0.25) is 0 Å². The van der Waals surface area contributed by atoms with E-state index in [-0.39, 0.29) is 5.41 Å². The van der Waals surface area contributed by atoms with Gasteiger partial charge in [0, 0.05) is 0 Å². The fourth-order valence-electron chi connectivity index (χ4n) is 1.07. The van der Waals surface area contributed by atoms with Crippen molar-refractivity contribution in [1.29, 1.82) is 0 Å². The van der Waals surface area contributed by atoms with Crippen LogP contribution in [0.15, 0.2) is 36.9 Å². The molecule has 0 amide bonds. The first kappa shape index (κ1) is 9.05. The molecule has 1 aromatic carbocycles. The van der Waals surface area contributed by atoms with Crippen LogP contribution < -0.4 is 0 Å². The highest BCUT2D eigenvalue weighted by Gasteiger charge is 2.15. The molecule has 0 radical (unpaired) electrons. The van der Waals surface area contributed by atoms with E-state index < -0.39 is 0 Å². The van der Waals surface area contributed by atoms with Gasteiger partial charge in [-0.25, -0.2) is 0 Å². The molecule has 12 heavy (non-hydrogen) atoms. The van der Waals surface area contributed by atoms with E-state index in [1.165, 1.54) is 11.1 Å². The Morgan fingerprint density at radius 1 is 1.08 bits per heavy atom. The van der Waals surface area contributed by atoms with Crippen molar-refractivity contribution in [3.05, 3.63) is 42.5 Å². The van der Waals surface area contributed by atoms with E-state index in [1.54, 1.807) is 0 Å². The lowest BCUT2D eigenvalue weighted by Crippen LogP contribution is -2.06. The van der Waals surface area contributed by atoms with Crippen LogP contribution in [0, 0.1) is 5.41 Å². The third-order valence-electron chi connectivity index (χ3n) is 2.03. The summed E-state index contributed by atoms with van der Waals surface area (Å²) in [6, 6.07) is 10.3. The Hall–Kier alpha value is -1.04. The maximum Gasteiger partial charge on any atom is -0.0132 e. The quantitative estimate of drug-likeness (QED) is 0.587. The van der Waals surface area contributed by atoms with Crippen molar-refractivity contribution in [2.45, 2.75) is 20.8 Å². The zero-order valence-electron chi connectivity index (χ0n) is 8.09. The second kappa shape index (κ2) is 3.14. The van der Waals surface area contributed by atoms with Gasteiger partial charge in [-0.2, -0.15) is 0 Å². The van der Waals surface area contributed by atoms with Crippen molar-refractivity contribution >= 4 is 5.57 Å². The molecule has 0 nitrogen and oxygen atoms in total. The highest BCUT2D eigenvalue weighted by molar-refractivity contribution is 5.67. The number of rotatable bonds is 1.